The number of sulfonamides is 1. The Kier molecular flexibility index (Phi) is 6.52. The summed E-state index contributed by atoms with van der Waals surface area (Å²) in [7, 11) is 0.793. The number of rotatable bonds is 8. The second-order valence-corrected chi connectivity index (χ2v) is 8.58. The van der Waals surface area contributed by atoms with Gasteiger partial charge < -0.3 is 14.2 Å². The fourth-order valence-electron chi connectivity index (χ4n) is 3.07. The highest BCUT2D eigenvalue weighted by Gasteiger charge is 2.26. The highest BCUT2D eigenvalue weighted by Crippen LogP contribution is 2.35. The summed E-state index contributed by atoms with van der Waals surface area (Å²) in [6.45, 7) is 2.04. The standard InChI is InChI=1S/C23H25NO5S/c1-17-8-11-21(12-9-17)30(25,26)24(16-18-6-5-7-20(14-18)27-2)19-10-13-22(28-3)23(15-19)29-4/h5-15H,16H2,1-4H3. The lowest BCUT2D eigenvalue weighted by molar-refractivity contribution is 0.355. The van der Waals surface area contributed by atoms with Crippen LogP contribution in [0.1, 0.15) is 11.1 Å². The third-order valence-corrected chi connectivity index (χ3v) is 6.51. The van der Waals surface area contributed by atoms with Crippen LogP contribution in [-0.4, -0.2) is 29.7 Å². The summed E-state index contributed by atoms with van der Waals surface area (Å²) in [6, 6.07) is 19.2. The van der Waals surface area contributed by atoms with E-state index in [-0.39, 0.29) is 11.4 Å². The largest absolute Gasteiger partial charge is 0.497 e. The van der Waals surface area contributed by atoms with Crippen LogP contribution in [0.5, 0.6) is 17.2 Å². The Morgan fingerprint density at radius 3 is 2.13 bits per heavy atom. The molecule has 0 heterocycles. The Labute approximate surface area is 177 Å². The first-order chi connectivity index (χ1) is 14.4. The van der Waals surface area contributed by atoms with Gasteiger partial charge in [0, 0.05) is 6.07 Å². The molecule has 6 nitrogen and oxygen atoms in total. The summed E-state index contributed by atoms with van der Waals surface area (Å²) < 4.78 is 44.5. The van der Waals surface area contributed by atoms with Gasteiger partial charge in [-0.25, -0.2) is 8.42 Å². The van der Waals surface area contributed by atoms with E-state index < -0.39 is 10.0 Å². The minimum Gasteiger partial charge on any atom is -0.497 e. The lowest BCUT2D eigenvalue weighted by Crippen LogP contribution is -2.30. The predicted octanol–water partition coefficient (Wildman–Crippen LogP) is 4.42. The maximum Gasteiger partial charge on any atom is 0.264 e. The zero-order chi connectivity index (χ0) is 21.7. The van der Waals surface area contributed by atoms with Crippen LogP contribution in [0.15, 0.2) is 71.6 Å². The molecule has 0 aromatic heterocycles. The first-order valence-corrected chi connectivity index (χ1v) is 10.8. The van der Waals surface area contributed by atoms with Gasteiger partial charge in [-0.15, -0.1) is 0 Å². The molecule has 0 unspecified atom stereocenters. The second-order valence-electron chi connectivity index (χ2n) is 6.72. The van der Waals surface area contributed by atoms with Gasteiger partial charge in [-0.1, -0.05) is 29.8 Å². The van der Waals surface area contributed by atoms with Crippen molar-refractivity contribution < 1.29 is 22.6 Å². The van der Waals surface area contributed by atoms with Crippen molar-refractivity contribution in [1.29, 1.82) is 0 Å². The van der Waals surface area contributed by atoms with Crippen molar-refractivity contribution in [2.24, 2.45) is 0 Å². The first kappa shape index (κ1) is 21.5. The normalized spacial score (nSPS) is 11.1. The molecule has 0 aliphatic heterocycles. The average Bonchev–Trinajstić information content (AvgIpc) is 2.77. The topological polar surface area (TPSA) is 65.1 Å². The van der Waals surface area contributed by atoms with Crippen LogP contribution >= 0.6 is 0 Å². The molecule has 0 fully saturated rings. The number of methoxy groups -OCH3 is 3. The zero-order valence-corrected chi connectivity index (χ0v) is 18.3. The monoisotopic (exact) mass is 427 g/mol. The number of aryl methyl sites for hydroxylation is 1. The number of ether oxygens (including phenoxy) is 3. The van der Waals surface area contributed by atoms with E-state index in [9.17, 15) is 8.42 Å². The summed E-state index contributed by atoms with van der Waals surface area (Å²) in [4.78, 5) is 0.214. The van der Waals surface area contributed by atoms with E-state index >= 15 is 0 Å². The fourth-order valence-corrected chi connectivity index (χ4v) is 4.51. The lowest BCUT2D eigenvalue weighted by Gasteiger charge is -2.26. The van der Waals surface area contributed by atoms with Crippen molar-refractivity contribution in [2.45, 2.75) is 18.4 Å². The lowest BCUT2D eigenvalue weighted by atomic mass is 10.2. The number of hydrogen-bond acceptors (Lipinski definition) is 5. The van der Waals surface area contributed by atoms with Crippen molar-refractivity contribution in [3.8, 4) is 17.2 Å². The number of nitrogens with zero attached hydrogens (tertiary/aromatic N) is 1. The molecule has 7 heteroatoms. The van der Waals surface area contributed by atoms with Crippen molar-refractivity contribution >= 4 is 15.7 Å². The Morgan fingerprint density at radius 1 is 0.800 bits per heavy atom. The number of benzene rings is 3. The summed E-state index contributed by atoms with van der Waals surface area (Å²) in [5.41, 5.74) is 2.25. The van der Waals surface area contributed by atoms with Crippen LogP contribution in [0.2, 0.25) is 0 Å². The Hall–Kier alpha value is -3.19. The SMILES string of the molecule is COc1cccc(CN(c2ccc(OC)c(OC)c2)S(=O)(=O)c2ccc(C)cc2)c1. The fraction of sp³-hybridized carbons (Fsp3) is 0.217. The number of anilines is 1. The van der Waals surface area contributed by atoms with Gasteiger partial charge in [0.05, 0.1) is 38.5 Å². The van der Waals surface area contributed by atoms with Gasteiger partial charge in [0.25, 0.3) is 10.0 Å². The summed E-state index contributed by atoms with van der Waals surface area (Å²) in [6.07, 6.45) is 0. The van der Waals surface area contributed by atoms with Crippen molar-refractivity contribution in [2.75, 3.05) is 25.6 Å². The molecular formula is C23H25NO5S. The molecule has 0 aliphatic carbocycles. The highest BCUT2D eigenvalue weighted by molar-refractivity contribution is 7.92. The maximum absolute atomic E-state index is 13.6. The molecule has 0 spiro atoms. The molecule has 0 atom stereocenters. The van der Waals surface area contributed by atoms with Crippen LogP contribution in [0.25, 0.3) is 0 Å². The first-order valence-electron chi connectivity index (χ1n) is 9.33. The molecule has 0 bridgehead atoms. The quantitative estimate of drug-likeness (QED) is 0.533. The van der Waals surface area contributed by atoms with Gasteiger partial charge >= 0.3 is 0 Å². The highest BCUT2D eigenvalue weighted by atomic mass is 32.2. The van der Waals surface area contributed by atoms with Gasteiger partial charge in [-0.05, 0) is 48.9 Å². The van der Waals surface area contributed by atoms with E-state index in [1.165, 1.54) is 18.5 Å². The van der Waals surface area contributed by atoms with E-state index in [0.717, 1.165) is 11.1 Å². The van der Waals surface area contributed by atoms with E-state index in [4.69, 9.17) is 14.2 Å². The predicted molar refractivity (Wildman–Crippen MR) is 117 cm³/mol. The molecule has 30 heavy (non-hydrogen) atoms. The van der Waals surface area contributed by atoms with E-state index in [0.29, 0.717) is 22.9 Å². The van der Waals surface area contributed by atoms with Crippen molar-refractivity contribution in [3.05, 3.63) is 77.9 Å². The molecule has 158 valence electrons. The molecule has 0 radical (unpaired) electrons. The molecule has 3 aromatic rings. The number of hydrogen-bond donors (Lipinski definition) is 0. The minimum atomic E-state index is -3.84. The van der Waals surface area contributed by atoms with E-state index in [1.54, 1.807) is 49.6 Å². The Morgan fingerprint density at radius 2 is 1.50 bits per heavy atom. The summed E-state index contributed by atoms with van der Waals surface area (Å²) in [5, 5.41) is 0. The van der Waals surface area contributed by atoms with E-state index in [2.05, 4.69) is 0 Å². The van der Waals surface area contributed by atoms with Crippen LogP contribution < -0.4 is 18.5 Å². The molecule has 3 rings (SSSR count). The summed E-state index contributed by atoms with van der Waals surface area (Å²) in [5.74, 6) is 1.63. The second kappa shape index (κ2) is 9.09. The Bertz CT molecular complexity index is 1110. The van der Waals surface area contributed by atoms with Gasteiger partial charge in [-0.3, -0.25) is 4.31 Å². The van der Waals surface area contributed by atoms with Gasteiger partial charge in [0.15, 0.2) is 11.5 Å². The minimum absolute atomic E-state index is 0.128. The third-order valence-electron chi connectivity index (χ3n) is 4.72. The molecule has 0 saturated heterocycles. The van der Waals surface area contributed by atoms with Gasteiger partial charge in [-0.2, -0.15) is 0 Å². The molecule has 0 aliphatic rings. The molecule has 0 saturated carbocycles. The molecule has 0 amide bonds. The van der Waals surface area contributed by atoms with E-state index in [1.807, 2.05) is 31.2 Å². The van der Waals surface area contributed by atoms with Crippen LogP contribution in [0, 0.1) is 6.92 Å². The van der Waals surface area contributed by atoms with Gasteiger partial charge in [0.1, 0.15) is 5.75 Å². The zero-order valence-electron chi connectivity index (χ0n) is 17.5. The van der Waals surface area contributed by atoms with Crippen molar-refractivity contribution in [3.63, 3.8) is 0 Å². The van der Waals surface area contributed by atoms with Crippen LogP contribution in [-0.2, 0) is 16.6 Å². The maximum atomic E-state index is 13.6. The van der Waals surface area contributed by atoms with Crippen LogP contribution in [0.4, 0.5) is 5.69 Å². The van der Waals surface area contributed by atoms with Crippen LogP contribution in [0.3, 0.4) is 0 Å². The van der Waals surface area contributed by atoms with Gasteiger partial charge in [0.2, 0.25) is 0 Å². The summed E-state index contributed by atoms with van der Waals surface area (Å²) >= 11 is 0. The molecular weight excluding hydrogens is 402 g/mol. The molecule has 0 N–H and O–H groups in total. The third kappa shape index (κ3) is 4.52. The van der Waals surface area contributed by atoms with Crippen molar-refractivity contribution in [1.82, 2.24) is 0 Å². The molecule has 3 aromatic carbocycles. The average molecular weight is 428 g/mol. The smallest absolute Gasteiger partial charge is 0.264 e. The Balaban J connectivity index is 2.11.